The number of nitrogens with zero attached hydrogens (tertiary/aromatic N) is 1. The zero-order valence-corrected chi connectivity index (χ0v) is 17.6. The molecule has 0 atom stereocenters. The topological polar surface area (TPSA) is 138 Å². The number of hydrogen-bond donors (Lipinski definition) is 2. The third-order valence-corrected chi connectivity index (χ3v) is 4.98. The van der Waals surface area contributed by atoms with Crippen LogP contribution < -0.4 is 10.5 Å². The number of Topliss-reactive ketones (excluding diaryl/α,β-unsaturated/α-hetero) is 1. The summed E-state index contributed by atoms with van der Waals surface area (Å²) in [7, 11) is 1.22. The molecule has 0 saturated heterocycles. The van der Waals surface area contributed by atoms with Crippen molar-refractivity contribution >= 4 is 34.5 Å². The van der Waals surface area contributed by atoms with Crippen LogP contribution in [0.4, 0.5) is 0 Å². The van der Waals surface area contributed by atoms with E-state index in [1.807, 2.05) is 37.3 Å². The third-order valence-electron chi connectivity index (χ3n) is 4.98. The lowest BCUT2D eigenvalue weighted by molar-refractivity contribution is -0.139. The second kappa shape index (κ2) is 9.34. The number of primary amides is 1. The summed E-state index contributed by atoms with van der Waals surface area (Å²) < 4.78 is 12.0. The Labute approximate surface area is 183 Å². The van der Waals surface area contributed by atoms with E-state index in [1.54, 1.807) is 4.57 Å². The van der Waals surface area contributed by atoms with E-state index in [0.717, 1.165) is 5.56 Å². The molecule has 0 aliphatic rings. The van der Waals surface area contributed by atoms with Gasteiger partial charge < -0.3 is 24.9 Å². The first kappa shape index (κ1) is 22.5. The number of hydrogen-bond acceptors (Lipinski definition) is 6. The third kappa shape index (κ3) is 4.31. The number of carbonyl (C=O) groups is 4. The highest BCUT2D eigenvalue weighted by Gasteiger charge is 2.29. The Bertz CT molecular complexity index is 1210. The molecule has 0 spiro atoms. The molecular weight excluding hydrogens is 416 g/mol. The number of methoxy groups -OCH3 is 1. The summed E-state index contributed by atoms with van der Waals surface area (Å²) in [6, 6.07) is 12.2. The molecule has 1 amide bonds. The van der Waals surface area contributed by atoms with Crippen molar-refractivity contribution in [2.24, 2.45) is 5.73 Å². The molecule has 9 heteroatoms. The number of benzene rings is 2. The average molecular weight is 438 g/mol. The number of aromatic nitrogens is 1. The van der Waals surface area contributed by atoms with Crippen LogP contribution in [0.25, 0.3) is 10.9 Å². The molecule has 0 fully saturated rings. The number of esters is 1. The summed E-state index contributed by atoms with van der Waals surface area (Å²) in [4.78, 5) is 48.0. The van der Waals surface area contributed by atoms with E-state index in [9.17, 15) is 19.2 Å². The quantitative estimate of drug-likeness (QED) is 0.297. The standard InChI is InChI=1S/C23H22N2O7/c1-3-15-20(21(28)22(24)29)19-16(25(15)11-13-7-5-4-6-8-13)9-14(23(30)31-2)10-17(19)32-12-18(26)27/h4-10H,3,11-12H2,1-2H3,(H2,24,29)(H,26,27). The summed E-state index contributed by atoms with van der Waals surface area (Å²) in [5.74, 6) is -4.02. The molecule has 32 heavy (non-hydrogen) atoms. The van der Waals surface area contributed by atoms with E-state index in [4.69, 9.17) is 20.3 Å². The van der Waals surface area contributed by atoms with Gasteiger partial charge in [-0.3, -0.25) is 9.59 Å². The van der Waals surface area contributed by atoms with Crippen molar-refractivity contribution in [3.8, 4) is 5.75 Å². The minimum atomic E-state index is -1.25. The number of ketones is 1. The molecule has 166 valence electrons. The van der Waals surface area contributed by atoms with Crippen LogP contribution >= 0.6 is 0 Å². The molecule has 0 saturated carbocycles. The van der Waals surface area contributed by atoms with Crippen molar-refractivity contribution < 1.29 is 33.8 Å². The number of carboxylic acids is 1. The van der Waals surface area contributed by atoms with Crippen molar-refractivity contribution in [3.63, 3.8) is 0 Å². The van der Waals surface area contributed by atoms with Gasteiger partial charge in [0.05, 0.1) is 29.1 Å². The van der Waals surface area contributed by atoms with Gasteiger partial charge >= 0.3 is 11.9 Å². The zero-order valence-electron chi connectivity index (χ0n) is 17.6. The lowest BCUT2D eigenvalue weighted by Gasteiger charge is -2.12. The fourth-order valence-corrected chi connectivity index (χ4v) is 3.66. The molecule has 3 rings (SSSR count). The maximum Gasteiger partial charge on any atom is 0.341 e. The lowest BCUT2D eigenvalue weighted by Crippen LogP contribution is -2.24. The van der Waals surface area contributed by atoms with Gasteiger partial charge in [-0.15, -0.1) is 0 Å². The number of ether oxygens (including phenoxy) is 2. The van der Waals surface area contributed by atoms with Gasteiger partial charge in [0, 0.05) is 12.2 Å². The molecular formula is C23H22N2O7. The first-order valence-electron chi connectivity index (χ1n) is 9.78. The lowest BCUT2D eigenvalue weighted by atomic mass is 10.0. The monoisotopic (exact) mass is 438 g/mol. The van der Waals surface area contributed by atoms with E-state index < -0.39 is 30.2 Å². The Balaban J connectivity index is 2.40. The van der Waals surface area contributed by atoms with Gasteiger partial charge in [-0.2, -0.15) is 0 Å². The smallest absolute Gasteiger partial charge is 0.341 e. The van der Waals surface area contributed by atoms with Crippen LogP contribution in [0, 0.1) is 0 Å². The average Bonchev–Trinajstić information content (AvgIpc) is 3.09. The maximum atomic E-state index is 12.8. The summed E-state index contributed by atoms with van der Waals surface area (Å²) in [6.07, 6.45) is 0.363. The number of amides is 1. The second-order valence-corrected chi connectivity index (χ2v) is 6.98. The number of aliphatic carboxylic acids is 1. The highest BCUT2D eigenvalue weighted by atomic mass is 16.5. The van der Waals surface area contributed by atoms with Crippen LogP contribution in [-0.4, -0.2) is 47.0 Å². The number of fused-ring (bicyclic) bond motifs is 1. The Morgan fingerprint density at radius 3 is 2.34 bits per heavy atom. The first-order valence-corrected chi connectivity index (χ1v) is 9.78. The summed E-state index contributed by atoms with van der Waals surface area (Å²) >= 11 is 0. The van der Waals surface area contributed by atoms with Gasteiger partial charge in [-0.25, -0.2) is 9.59 Å². The van der Waals surface area contributed by atoms with Crippen LogP contribution in [0.15, 0.2) is 42.5 Å². The van der Waals surface area contributed by atoms with Crippen LogP contribution in [0.5, 0.6) is 5.75 Å². The normalized spacial score (nSPS) is 10.7. The summed E-state index contributed by atoms with van der Waals surface area (Å²) in [5.41, 5.74) is 7.28. The second-order valence-electron chi connectivity index (χ2n) is 6.98. The van der Waals surface area contributed by atoms with Crippen LogP contribution in [0.3, 0.4) is 0 Å². The molecule has 3 aromatic rings. The fraction of sp³-hybridized carbons (Fsp3) is 0.217. The van der Waals surface area contributed by atoms with E-state index in [1.165, 1.54) is 19.2 Å². The minimum Gasteiger partial charge on any atom is -0.481 e. The van der Waals surface area contributed by atoms with Gasteiger partial charge in [0.1, 0.15) is 5.75 Å². The van der Waals surface area contributed by atoms with Crippen molar-refractivity contribution in [3.05, 3.63) is 64.8 Å². The molecule has 0 unspecified atom stereocenters. The van der Waals surface area contributed by atoms with Crippen molar-refractivity contribution in [1.29, 1.82) is 0 Å². The van der Waals surface area contributed by atoms with E-state index in [-0.39, 0.29) is 22.3 Å². The highest BCUT2D eigenvalue weighted by Crippen LogP contribution is 2.37. The summed E-state index contributed by atoms with van der Waals surface area (Å²) in [6.45, 7) is 1.43. The maximum absolute atomic E-state index is 12.8. The number of carboxylic acid groups (broad SMARTS) is 1. The zero-order chi connectivity index (χ0) is 23.4. The minimum absolute atomic E-state index is 0.0303. The fourth-order valence-electron chi connectivity index (χ4n) is 3.66. The van der Waals surface area contributed by atoms with Crippen molar-refractivity contribution in [1.82, 2.24) is 4.57 Å². The Kier molecular flexibility index (Phi) is 6.58. The molecule has 0 aliphatic heterocycles. The molecule has 2 aromatic carbocycles. The van der Waals surface area contributed by atoms with Crippen LogP contribution in [0.2, 0.25) is 0 Å². The molecule has 0 aliphatic carbocycles. The van der Waals surface area contributed by atoms with E-state index in [2.05, 4.69) is 0 Å². The van der Waals surface area contributed by atoms with Gasteiger partial charge in [-0.1, -0.05) is 37.3 Å². The largest absolute Gasteiger partial charge is 0.481 e. The van der Waals surface area contributed by atoms with Gasteiger partial charge in [-0.05, 0) is 24.1 Å². The predicted octanol–water partition coefficient (Wildman–Crippen LogP) is 2.17. The Hall–Kier alpha value is -4.14. The van der Waals surface area contributed by atoms with Gasteiger partial charge in [0.2, 0.25) is 0 Å². The SMILES string of the molecule is CCc1c(C(=O)C(N)=O)c2c(OCC(=O)O)cc(C(=O)OC)cc2n1Cc1ccccc1. The van der Waals surface area contributed by atoms with Gasteiger partial charge in [0.15, 0.2) is 6.61 Å². The van der Waals surface area contributed by atoms with Crippen molar-refractivity contribution in [2.75, 3.05) is 13.7 Å². The van der Waals surface area contributed by atoms with Gasteiger partial charge in [0.25, 0.3) is 11.7 Å². The molecule has 1 heterocycles. The molecule has 0 bridgehead atoms. The van der Waals surface area contributed by atoms with Crippen LogP contribution in [0.1, 0.15) is 38.9 Å². The number of rotatable bonds is 9. The number of nitrogens with two attached hydrogens (primary N) is 1. The predicted molar refractivity (Wildman–Crippen MR) is 115 cm³/mol. The van der Waals surface area contributed by atoms with E-state index >= 15 is 0 Å². The van der Waals surface area contributed by atoms with E-state index in [0.29, 0.717) is 24.2 Å². The van der Waals surface area contributed by atoms with Crippen molar-refractivity contribution in [2.45, 2.75) is 19.9 Å². The molecule has 0 radical (unpaired) electrons. The Morgan fingerprint density at radius 1 is 1.09 bits per heavy atom. The summed E-state index contributed by atoms with van der Waals surface area (Å²) in [5, 5.41) is 9.29. The van der Waals surface area contributed by atoms with Crippen LogP contribution in [-0.2, 0) is 27.3 Å². The first-order chi connectivity index (χ1) is 15.3. The molecule has 3 N–H and O–H groups in total. The number of carbonyl (C=O) groups excluding carboxylic acids is 3. The highest BCUT2D eigenvalue weighted by molar-refractivity contribution is 6.45. The molecule has 9 nitrogen and oxygen atoms in total. The Morgan fingerprint density at radius 2 is 1.78 bits per heavy atom. The molecule has 1 aromatic heterocycles.